The third-order valence-electron chi connectivity index (χ3n) is 5.96. The van der Waals surface area contributed by atoms with Crippen LogP contribution in [0.1, 0.15) is 38.2 Å². The van der Waals surface area contributed by atoms with Gasteiger partial charge in [0, 0.05) is 37.9 Å². The number of hydrogen-bond donors (Lipinski definition) is 1. The Hall–Kier alpha value is -1.59. The lowest BCUT2D eigenvalue weighted by atomic mass is 9.87. The quantitative estimate of drug-likeness (QED) is 0.921. The van der Waals surface area contributed by atoms with Crippen molar-refractivity contribution in [1.29, 1.82) is 0 Å². The van der Waals surface area contributed by atoms with Crippen LogP contribution in [0, 0.1) is 6.92 Å². The summed E-state index contributed by atoms with van der Waals surface area (Å²) in [6.07, 6.45) is 4.32. The molecule has 2 aromatic rings. The van der Waals surface area contributed by atoms with E-state index in [1.54, 1.807) is 0 Å². The summed E-state index contributed by atoms with van der Waals surface area (Å²) in [6, 6.07) is 6.86. The van der Waals surface area contributed by atoms with Gasteiger partial charge >= 0.3 is 5.69 Å². The predicted octanol–water partition coefficient (Wildman–Crippen LogP) is 2.63. The van der Waals surface area contributed by atoms with E-state index in [1.165, 1.54) is 5.56 Å². The van der Waals surface area contributed by atoms with Gasteiger partial charge in [-0.15, -0.1) is 0 Å². The summed E-state index contributed by atoms with van der Waals surface area (Å²) in [5.41, 5.74) is 3.10. The second kappa shape index (κ2) is 6.05. The summed E-state index contributed by atoms with van der Waals surface area (Å²) in [7, 11) is 0. The van der Waals surface area contributed by atoms with Crippen LogP contribution >= 0.6 is 0 Å². The first-order valence-corrected chi connectivity index (χ1v) is 9.10. The molecule has 5 nitrogen and oxygen atoms in total. The first-order chi connectivity index (χ1) is 11.6. The summed E-state index contributed by atoms with van der Waals surface area (Å²) >= 11 is 0. The van der Waals surface area contributed by atoms with Crippen LogP contribution in [-0.4, -0.2) is 46.8 Å². The number of hydrogen-bond acceptors (Lipinski definition) is 3. The van der Waals surface area contributed by atoms with Crippen LogP contribution < -0.4 is 5.69 Å². The first kappa shape index (κ1) is 15.9. The van der Waals surface area contributed by atoms with Gasteiger partial charge < -0.3 is 14.6 Å². The number of H-pyrrole nitrogens is 1. The van der Waals surface area contributed by atoms with Gasteiger partial charge in [-0.05, 0) is 57.2 Å². The Bertz CT molecular complexity index is 777. The van der Waals surface area contributed by atoms with Crippen molar-refractivity contribution >= 4 is 11.0 Å². The Kier molecular flexibility index (Phi) is 4.01. The van der Waals surface area contributed by atoms with Gasteiger partial charge in [0.2, 0.25) is 0 Å². The Balaban J connectivity index is 1.60. The van der Waals surface area contributed by atoms with Crippen LogP contribution in [0.3, 0.4) is 0 Å². The Morgan fingerprint density at radius 1 is 1.21 bits per heavy atom. The lowest BCUT2D eigenvalue weighted by Crippen LogP contribution is -2.51. The van der Waals surface area contributed by atoms with E-state index >= 15 is 0 Å². The molecule has 2 fully saturated rings. The Morgan fingerprint density at radius 2 is 1.92 bits per heavy atom. The number of aryl methyl sites for hydroxylation is 1. The normalized spacial score (nSPS) is 22.9. The smallest absolute Gasteiger partial charge is 0.326 e. The van der Waals surface area contributed by atoms with Crippen molar-refractivity contribution < 1.29 is 4.74 Å². The molecule has 2 saturated heterocycles. The van der Waals surface area contributed by atoms with Crippen molar-refractivity contribution in [3.8, 4) is 0 Å². The molecule has 4 rings (SSSR count). The topological polar surface area (TPSA) is 50.3 Å². The zero-order valence-corrected chi connectivity index (χ0v) is 14.7. The maximum Gasteiger partial charge on any atom is 0.326 e. The van der Waals surface area contributed by atoms with Crippen LogP contribution in [0.2, 0.25) is 0 Å². The minimum absolute atomic E-state index is 0.0256. The molecule has 0 amide bonds. The average Bonchev–Trinajstić information content (AvgIpc) is 2.92. The van der Waals surface area contributed by atoms with Crippen LogP contribution in [0.15, 0.2) is 23.0 Å². The number of aromatic amines is 1. The van der Waals surface area contributed by atoms with E-state index < -0.39 is 0 Å². The molecular weight excluding hydrogens is 302 g/mol. The summed E-state index contributed by atoms with van der Waals surface area (Å²) in [5, 5.41) is 0. The minimum atomic E-state index is -0.106. The molecule has 0 atom stereocenters. The summed E-state index contributed by atoms with van der Waals surface area (Å²) in [6.45, 7) is 8.22. The maximum absolute atomic E-state index is 12.6. The molecule has 24 heavy (non-hydrogen) atoms. The number of piperidine rings is 1. The minimum Gasteiger partial charge on any atom is -0.381 e. The highest BCUT2D eigenvalue weighted by Crippen LogP contribution is 2.33. The Morgan fingerprint density at radius 3 is 2.62 bits per heavy atom. The Labute approximate surface area is 142 Å². The standard InChI is InChI=1S/C19H27N3O2/c1-14-3-4-16-17(13-14)22(18(23)20-16)19(2)7-9-21(10-8-19)15-5-11-24-12-6-15/h3-4,13,15H,5-12H2,1-2H3,(H,20,23). The van der Waals surface area contributed by atoms with Crippen molar-refractivity contribution in [3.05, 3.63) is 34.2 Å². The van der Waals surface area contributed by atoms with E-state index in [1.807, 2.05) is 10.6 Å². The third kappa shape index (κ3) is 2.70. The molecule has 1 aromatic carbocycles. The van der Waals surface area contributed by atoms with Gasteiger partial charge in [-0.25, -0.2) is 4.79 Å². The first-order valence-electron chi connectivity index (χ1n) is 9.10. The largest absolute Gasteiger partial charge is 0.381 e. The molecule has 0 radical (unpaired) electrons. The van der Waals surface area contributed by atoms with Crippen molar-refractivity contribution in [2.45, 2.75) is 51.1 Å². The van der Waals surface area contributed by atoms with Crippen molar-refractivity contribution in [2.24, 2.45) is 0 Å². The average molecular weight is 329 g/mol. The number of imidazole rings is 1. The van der Waals surface area contributed by atoms with E-state index in [0.717, 1.165) is 63.0 Å². The molecule has 2 aliphatic rings. The highest BCUT2D eigenvalue weighted by atomic mass is 16.5. The summed E-state index contributed by atoms with van der Waals surface area (Å²) in [4.78, 5) is 18.3. The second-order valence-electron chi connectivity index (χ2n) is 7.66. The van der Waals surface area contributed by atoms with E-state index in [9.17, 15) is 4.79 Å². The monoisotopic (exact) mass is 329 g/mol. The van der Waals surface area contributed by atoms with E-state index in [4.69, 9.17) is 4.74 Å². The highest BCUT2D eigenvalue weighted by Gasteiger charge is 2.36. The molecule has 1 aromatic heterocycles. The number of fused-ring (bicyclic) bond motifs is 1. The van der Waals surface area contributed by atoms with Gasteiger partial charge in [-0.2, -0.15) is 0 Å². The lowest BCUT2D eigenvalue weighted by molar-refractivity contribution is 0.0110. The third-order valence-corrected chi connectivity index (χ3v) is 5.96. The molecule has 3 heterocycles. The van der Waals surface area contributed by atoms with Gasteiger partial charge in [0.05, 0.1) is 11.0 Å². The molecular formula is C19H27N3O2. The van der Waals surface area contributed by atoms with E-state index in [2.05, 4.69) is 35.9 Å². The summed E-state index contributed by atoms with van der Waals surface area (Å²) < 4.78 is 7.50. The van der Waals surface area contributed by atoms with Crippen molar-refractivity contribution in [3.63, 3.8) is 0 Å². The molecule has 0 bridgehead atoms. The molecule has 0 saturated carbocycles. The van der Waals surface area contributed by atoms with Crippen LogP contribution in [0.4, 0.5) is 0 Å². The predicted molar refractivity (Wildman–Crippen MR) is 95.6 cm³/mol. The number of ether oxygens (including phenoxy) is 1. The molecule has 2 aliphatic heterocycles. The second-order valence-corrected chi connectivity index (χ2v) is 7.66. The van der Waals surface area contributed by atoms with E-state index in [0.29, 0.717) is 6.04 Å². The number of benzene rings is 1. The molecule has 0 spiro atoms. The van der Waals surface area contributed by atoms with Gasteiger partial charge in [-0.1, -0.05) is 6.07 Å². The van der Waals surface area contributed by atoms with E-state index in [-0.39, 0.29) is 11.2 Å². The zero-order valence-electron chi connectivity index (χ0n) is 14.7. The summed E-state index contributed by atoms with van der Waals surface area (Å²) in [5.74, 6) is 0. The molecule has 1 N–H and O–H groups in total. The SMILES string of the molecule is Cc1ccc2[nH]c(=O)n(C3(C)CCN(C4CCOCC4)CC3)c2c1. The highest BCUT2D eigenvalue weighted by molar-refractivity contribution is 5.76. The number of nitrogens with zero attached hydrogens (tertiary/aromatic N) is 2. The zero-order chi connectivity index (χ0) is 16.7. The number of nitrogens with one attached hydrogen (secondary N) is 1. The van der Waals surface area contributed by atoms with Crippen molar-refractivity contribution in [2.75, 3.05) is 26.3 Å². The molecule has 0 aliphatic carbocycles. The van der Waals surface area contributed by atoms with Gasteiger partial charge in [0.25, 0.3) is 0 Å². The van der Waals surface area contributed by atoms with Crippen LogP contribution in [0.5, 0.6) is 0 Å². The number of rotatable bonds is 2. The fourth-order valence-corrected chi connectivity index (χ4v) is 4.39. The number of aromatic nitrogens is 2. The fraction of sp³-hybridized carbons (Fsp3) is 0.632. The maximum atomic E-state index is 12.6. The van der Waals surface area contributed by atoms with Gasteiger partial charge in [0.1, 0.15) is 0 Å². The number of likely N-dealkylation sites (tertiary alicyclic amines) is 1. The van der Waals surface area contributed by atoms with Crippen LogP contribution in [0.25, 0.3) is 11.0 Å². The van der Waals surface area contributed by atoms with Gasteiger partial charge in [0.15, 0.2) is 0 Å². The van der Waals surface area contributed by atoms with Gasteiger partial charge in [-0.3, -0.25) is 4.57 Å². The fourth-order valence-electron chi connectivity index (χ4n) is 4.39. The molecule has 130 valence electrons. The van der Waals surface area contributed by atoms with Crippen molar-refractivity contribution in [1.82, 2.24) is 14.5 Å². The van der Waals surface area contributed by atoms with Crippen LogP contribution in [-0.2, 0) is 10.3 Å². The molecule has 0 unspecified atom stereocenters. The molecule has 5 heteroatoms. The lowest BCUT2D eigenvalue weighted by Gasteiger charge is -2.44.